The number of rotatable bonds is 2. The Hall–Kier alpha value is -1.98. The summed E-state index contributed by atoms with van der Waals surface area (Å²) in [5.41, 5.74) is 3.20. The van der Waals surface area contributed by atoms with Crippen LogP contribution in [0.2, 0.25) is 20.1 Å². The van der Waals surface area contributed by atoms with Gasteiger partial charge in [-0.05, 0) is 42.0 Å². The van der Waals surface area contributed by atoms with Gasteiger partial charge in [-0.2, -0.15) is 5.10 Å². The van der Waals surface area contributed by atoms with Gasteiger partial charge >= 0.3 is 0 Å². The predicted molar refractivity (Wildman–Crippen MR) is 118 cm³/mol. The van der Waals surface area contributed by atoms with E-state index in [2.05, 4.69) is 0 Å². The quantitative estimate of drug-likeness (QED) is 0.374. The topological polar surface area (TPSA) is 24.8 Å². The second kappa shape index (κ2) is 7.61. The highest BCUT2D eigenvalue weighted by Gasteiger charge is 2.42. The number of fused-ring (bicyclic) bond motifs is 3. The van der Waals surface area contributed by atoms with E-state index in [0.29, 0.717) is 37.8 Å². The zero-order valence-corrected chi connectivity index (χ0v) is 18.3. The molecule has 0 unspecified atom stereocenters. The predicted octanol–water partition coefficient (Wildman–Crippen LogP) is 7.68. The van der Waals surface area contributed by atoms with Gasteiger partial charge in [0.1, 0.15) is 11.6 Å². The van der Waals surface area contributed by atoms with Gasteiger partial charge in [0.25, 0.3) is 0 Å². The van der Waals surface area contributed by atoms with Crippen molar-refractivity contribution in [2.75, 3.05) is 0 Å². The van der Waals surface area contributed by atoms with Gasteiger partial charge in [0.2, 0.25) is 6.23 Å². The van der Waals surface area contributed by atoms with E-state index in [9.17, 15) is 4.39 Å². The van der Waals surface area contributed by atoms with E-state index in [-0.39, 0.29) is 11.9 Å². The third kappa shape index (κ3) is 3.42. The first-order valence-corrected chi connectivity index (χ1v) is 10.6. The largest absolute Gasteiger partial charge is 0.463 e. The van der Waals surface area contributed by atoms with E-state index in [4.69, 9.17) is 56.2 Å². The molecule has 3 aromatic carbocycles. The Morgan fingerprint density at radius 1 is 0.867 bits per heavy atom. The fourth-order valence-corrected chi connectivity index (χ4v) is 4.89. The molecule has 30 heavy (non-hydrogen) atoms. The Kier molecular flexibility index (Phi) is 5.06. The van der Waals surface area contributed by atoms with Crippen molar-refractivity contribution in [1.82, 2.24) is 5.01 Å². The molecule has 0 aliphatic carbocycles. The zero-order chi connectivity index (χ0) is 21.0. The van der Waals surface area contributed by atoms with Crippen LogP contribution in [0.3, 0.4) is 0 Å². The molecule has 0 saturated heterocycles. The van der Waals surface area contributed by atoms with Crippen LogP contribution in [-0.2, 0) is 0 Å². The molecule has 5 rings (SSSR count). The number of hydrogen-bond acceptors (Lipinski definition) is 3. The van der Waals surface area contributed by atoms with Crippen LogP contribution in [0.4, 0.5) is 4.39 Å². The Balaban J connectivity index is 1.64. The van der Waals surface area contributed by atoms with Gasteiger partial charge in [-0.15, -0.1) is 0 Å². The first kappa shape index (κ1) is 20.0. The van der Waals surface area contributed by atoms with Crippen LogP contribution < -0.4 is 4.74 Å². The minimum atomic E-state index is -0.608. The van der Waals surface area contributed by atoms with Crippen LogP contribution in [0.5, 0.6) is 5.75 Å². The Morgan fingerprint density at radius 2 is 1.60 bits per heavy atom. The molecule has 2 atom stereocenters. The maximum Gasteiger partial charge on any atom is 0.215 e. The molecule has 0 N–H and O–H groups in total. The summed E-state index contributed by atoms with van der Waals surface area (Å²) >= 11 is 25.3. The molecule has 3 aromatic rings. The van der Waals surface area contributed by atoms with Crippen LogP contribution in [-0.4, -0.2) is 10.7 Å². The van der Waals surface area contributed by atoms with Crippen molar-refractivity contribution in [2.24, 2.45) is 5.10 Å². The minimum absolute atomic E-state index is 0.165. The van der Waals surface area contributed by atoms with Gasteiger partial charge in [-0.3, -0.25) is 0 Å². The van der Waals surface area contributed by atoms with Gasteiger partial charge in [0.05, 0.1) is 21.8 Å². The third-order valence-corrected chi connectivity index (χ3v) is 6.28. The number of hydrogen-bond donors (Lipinski definition) is 0. The van der Waals surface area contributed by atoms with Crippen molar-refractivity contribution in [2.45, 2.75) is 18.7 Å². The van der Waals surface area contributed by atoms with Crippen LogP contribution in [0.15, 0.2) is 59.7 Å². The second-order valence-electron chi connectivity index (χ2n) is 7.10. The average molecular weight is 482 g/mol. The van der Waals surface area contributed by atoms with Gasteiger partial charge in [0.15, 0.2) is 0 Å². The average Bonchev–Trinajstić information content (AvgIpc) is 3.14. The van der Waals surface area contributed by atoms with Gasteiger partial charge in [-0.1, -0.05) is 64.6 Å². The molecule has 8 heteroatoms. The van der Waals surface area contributed by atoms with Crippen molar-refractivity contribution < 1.29 is 9.13 Å². The van der Waals surface area contributed by atoms with Crippen molar-refractivity contribution in [3.8, 4) is 5.75 Å². The molecular formula is C22H13Cl4FN2O. The first-order valence-electron chi connectivity index (χ1n) is 9.13. The molecule has 0 radical (unpaired) electrons. The van der Waals surface area contributed by atoms with Gasteiger partial charge in [0, 0.05) is 27.6 Å². The highest BCUT2D eigenvalue weighted by molar-refractivity contribution is 6.36. The summed E-state index contributed by atoms with van der Waals surface area (Å²) in [4.78, 5) is 0. The van der Waals surface area contributed by atoms with E-state index in [0.717, 1.165) is 16.8 Å². The van der Waals surface area contributed by atoms with Crippen molar-refractivity contribution in [3.63, 3.8) is 0 Å². The molecule has 2 aliphatic rings. The summed E-state index contributed by atoms with van der Waals surface area (Å²) in [5, 5.41) is 8.59. The van der Waals surface area contributed by atoms with Crippen LogP contribution in [0, 0.1) is 5.82 Å². The molecule has 0 aromatic heterocycles. The number of halogens is 5. The van der Waals surface area contributed by atoms with E-state index in [1.54, 1.807) is 30.3 Å². The van der Waals surface area contributed by atoms with Gasteiger partial charge < -0.3 is 4.74 Å². The summed E-state index contributed by atoms with van der Waals surface area (Å²) < 4.78 is 19.7. The fourth-order valence-electron chi connectivity index (χ4n) is 3.84. The molecule has 2 heterocycles. The minimum Gasteiger partial charge on any atom is -0.463 e. The number of ether oxygens (including phenoxy) is 1. The van der Waals surface area contributed by atoms with E-state index in [1.807, 2.05) is 17.1 Å². The maximum absolute atomic E-state index is 13.4. The lowest BCUT2D eigenvalue weighted by Gasteiger charge is -2.39. The van der Waals surface area contributed by atoms with Crippen LogP contribution in [0.1, 0.15) is 35.4 Å². The van der Waals surface area contributed by atoms with E-state index >= 15 is 0 Å². The highest BCUT2D eigenvalue weighted by atomic mass is 35.5. The maximum atomic E-state index is 13.4. The van der Waals surface area contributed by atoms with E-state index in [1.165, 1.54) is 12.1 Å². The Morgan fingerprint density at radius 3 is 2.33 bits per heavy atom. The molecule has 0 amide bonds. The van der Waals surface area contributed by atoms with Crippen LogP contribution in [0.25, 0.3) is 0 Å². The van der Waals surface area contributed by atoms with Gasteiger partial charge in [-0.25, -0.2) is 9.40 Å². The standard InChI is InChI=1S/C22H13Cl4FN2O/c23-12-3-6-15(17(25)8-12)22-29-20(16-7-13(24)9-18(26)21(16)30-22)10-19(28-29)11-1-4-14(27)5-2-11/h1-9,20,22H,10H2/t20-,22-/m0/s1. The lowest BCUT2D eigenvalue weighted by molar-refractivity contribution is -0.0188. The molecule has 0 bridgehead atoms. The summed E-state index contributed by atoms with van der Waals surface area (Å²) in [6.07, 6.45) is -0.0238. The lowest BCUT2D eigenvalue weighted by Crippen LogP contribution is -2.34. The first-order chi connectivity index (χ1) is 14.4. The smallest absolute Gasteiger partial charge is 0.215 e. The molecule has 152 valence electrons. The molecule has 0 spiro atoms. The Labute approximate surface area is 192 Å². The van der Waals surface area contributed by atoms with Crippen molar-refractivity contribution in [1.29, 1.82) is 0 Å². The SMILES string of the molecule is Fc1ccc(C2=NN3[C@@H](C2)c2cc(Cl)cc(Cl)c2O[C@H]3c2ccc(Cl)cc2Cl)cc1. The summed E-state index contributed by atoms with van der Waals surface area (Å²) in [6, 6.07) is 14.8. The monoisotopic (exact) mass is 480 g/mol. The fraction of sp³-hybridized carbons (Fsp3) is 0.136. The highest BCUT2D eigenvalue weighted by Crippen LogP contribution is 2.51. The summed E-state index contributed by atoms with van der Waals surface area (Å²) in [5.74, 6) is 0.252. The summed E-state index contributed by atoms with van der Waals surface area (Å²) in [7, 11) is 0. The zero-order valence-electron chi connectivity index (χ0n) is 15.3. The molecule has 0 fully saturated rings. The normalized spacial score (nSPS) is 19.8. The number of hydrazone groups is 1. The third-order valence-electron chi connectivity index (χ3n) is 5.21. The molecular weight excluding hydrogens is 469 g/mol. The van der Waals surface area contributed by atoms with Crippen molar-refractivity contribution >= 4 is 52.1 Å². The molecule has 0 saturated carbocycles. The molecule has 2 aliphatic heterocycles. The van der Waals surface area contributed by atoms with E-state index < -0.39 is 6.23 Å². The Bertz CT molecular complexity index is 1180. The van der Waals surface area contributed by atoms with Crippen molar-refractivity contribution in [3.05, 3.63) is 97.2 Å². The lowest BCUT2D eigenvalue weighted by atomic mass is 9.96. The molecule has 3 nitrogen and oxygen atoms in total. The summed E-state index contributed by atoms with van der Waals surface area (Å²) in [6.45, 7) is 0. The number of benzene rings is 3. The number of nitrogens with zero attached hydrogens (tertiary/aromatic N) is 2. The second-order valence-corrected chi connectivity index (χ2v) is 8.78. The van der Waals surface area contributed by atoms with Crippen LogP contribution >= 0.6 is 46.4 Å².